The van der Waals surface area contributed by atoms with E-state index in [2.05, 4.69) is 5.92 Å². The van der Waals surface area contributed by atoms with Gasteiger partial charge in [-0.3, -0.25) is 4.79 Å². The first kappa shape index (κ1) is 14.7. The zero-order valence-electron chi connectivity index (χ0n) is 9.62. The fraction of sp³-hybridized carbons (Fsp3) is 0.308. The lowest BCUT2D eigenvalue weighted by Crippen LogP contribution is -2.07. The molecule has 0 aliphatic carbocycles. The quantitative estimate of drug-likeness (QED) is 0.457. The third-order valence-corrected chi connectivity index (χ3v) is 2.82. The number of ether oxygens (including phenoxy) is 2. The van der Waals surface area contributed by atoms with E-state index < -0.39 is 0 Å². The molecule has 0 aliphatic heterocycles. The summed E-state index contributed by atoms with van der Waals surface area (Å²) in [6.07, 6.45) is 5.73. The van der Waals surface area contributed by atoms with Crippen LogP contribution >= 0.6 is 23.2 Å². The number of benzene rings is 1. The van der Waals surface area contributed by atoms with Crippen LogP contribution in [0.15, 0.2) is 18.2 Å². The molecule has 0 bridgehead atoms. The highest BCUT2D eigenvalue weighted by Gasteiger charge is 2.06. The molecule has 0 unspecified atom stereocenters. The largest absolute Gasteiger partial charge is 0.492 e. The van der Waals surface area contributed by atoms with Gasteiger partial charge >= 0.3 is 5.97 Å². The van der Waals surface area contributed by atoms with Gasteiger partial charge in [-0.05, 0) is 18.6 Å². The molecule has 0 radical (unpaired) electrons. The van der Waals surface area contributed by atoms with E-state index >= 15 is 0 Å². The number of terminal acetylenes is 1. The molecular formula is C13H12Cl2O3. The Hall–Kier alpha value is -1.37. The Morgan fingerprint density at radius 2 is 2.17 bits per heavy atom. The summed E-state index contributed by atoms with van der Waals surface area (Å²) in [6, 6.07) is 5.13. The summed E-state index contributed by atoms with van der Waals surface area (Å²) in [5.41, 5.74) is 0. The van der Waals surface area contributed by atoms with Crippen LogP contribution in [0.1, 0.15) is 12.8 Å². The highest BCUT2D eigenvalue weighted by Crippen LogP contribution is 2.31. The van der Waals surface area contributed by atoms with Crippen molar-refractivity contribution in [3.8, 4) is 18.1 Å². The molecule has 0 N–H and O–H groups in total. The molecule has 18 heavy (non-hydrogen) atoms. The van der Waals surface area contributed by atoms with Crippen LogP contribution in [0, 0.1) is 12.3 Å². The van der Waals surface area contributed by atoms with Gasteiger partial charge in [0, 0.05) is 6.42 Å². The van der Waals surface area contributed by atoms with Crippen molar-refractivity contribution in [3.63, 3.8) is 0 Å². The van der Waals surface area contributed by atoms with Crippen LogP contribution in [0.5, 0.6) is 5.75 Å². The molecule has 96 valence electrons. The van der Waals surface area contributed by atoms with Gasteiger partial charge in [0.2, 0.25) is 0 Å². The Morgan fingerprint density at radius 3 is 2.89 bits per heavy atom. The van der Waals surface area contributed by atoms with E-state index in [9.17, 15) is 4.79 Å². The van der Waals surface area contributed by atoms with Gasteiger partial charge in [0.1, 0.15) is 10.8 Å². The second-order valence-corrected chi connectivity index (χ2v) is 4.15. The SMILES string of the molecule is C#CCOC(=O)CCCOc1cccc(Cl)c1Cl. The van der Waals surface area contributed by atoms with Crippen molar-refractivity contribution in [2.75, 3.05) is 13.2 Å². The van der Waals surface area contributed by atoms with Crippen molar-refractivity contribution in [2.45, 2.75) is 12.8 Å². The number of rotatable bonds is 6. The predicted molar refractivity (Wildman–Crippen MR) is 71.0 cm³/mol. The normalized spacial score (nSPS) is 9.61. The Labute approximate surface area is 116 Å². The smallest absolute Gasteiger partial charge is 0.306 e. The minimum atomic E-state index is -0.339. The first-order chi connectivity index (χ1) is 8.65. The van der Waals surface area contributed by atoms with Gasteiger partial charge in [-0.15, -0.1) is 6.42 Å². The van der Waals surface area contributed by atoms with Gasteiger partial charge < -0.3 is 9.47 Å². The average molecular weight is 287 g/mol. The second-order valence-electron chi connectivity index (χ2n) is 3.37. The summed E-state index contributed by atoms with van der Waals surface area (Å²) in [7, 11) is 0. The van der Waals surface area contributed by atoms with Crippen LogP contribution in [0.2, 0.25) is 10.0 Å². The van der Waals surface area contributed by atoms with Crippen molar-refractivity contribution in [2.24, 2.45) is 0 Å². The minimum absolute atomic E-state index is 0.000187. The first-order valence-electron chi connectivity index (χ1n) is 5.31. The monoisotopic (exact) mass is 286 g/mol. The molecule has 0 saturated heterocycles. The van der Waals surface area contributed by atoms with Crippen LogP contribution in [0.25, 0.3) is 0 Å². The molecule has 1 aromatic carbocycles. The Bertz CT molecular complexity index is 452. The number of esters is 1. The van der Waals surface area contributed by atoms with Gasteiger partial charge in [0.15, 0.2) is 6.61 Å². The third kappa shape index (κ3) is 4.87. The molecule has 0 heterocycles. The van der Waals surface area contributed by atoms with Gasteiger partial charge in [0.25, 0.3) is 0 Å². The Morgan fingerprint density at radius 1 is 1.39 bits per heavy atom. The molecule has 0 atom stereocenters. The maximum Gasteiger partial charge on any atom is 0.306 e. The predicted octanol–water partition coefficient (Wildman–Crippen LogP) is 3.33. The van der Waals surface area contributed by atoms with Gasteiger partial charge in [0.05, 0.1) is 11.6 Å². The minimum Gasteiger partial charge on any atom is -0.492 e. The number of carbonyl (C=O) groups is 1. The molecule has 5 heteroatoms. The van der Waals surface area contributed by atoms with Crippen LogP contribution in [-0.2, 0) is 9.53 Å². The van der Waals surface area contributed by atoms with Crippen molar-refractivity contribution in [1.82, 2.24) is 0 Å². The molecule has 3 nitrogen and oxygen atoms in total. The summed E-state index contributed by atoms with van der Waals surface area (Å²) < 4.78 is 10.1. The number of hydrogen-bond acceptors (Lipinski definition) is 3. The van der Waals surface area contributed by atoms with Crippen LogP contribution in [0.3, 0.4) is 0 Å². The maximum atomic E-state index is 11.1. The molecule has 0 fully saturated rings. The highest BCUT2D eigenvalue weighted by molar-refractivity contribution is 6.42. The summed E-state index contributed by atoms with van der Waals surface area (Å²) in [5, 5.41) is 0.802. The number of carbonyl (C=O) groups excluding carboxylic acids is 1. The topological polar surface area (TPSA) is 35.5 Å². The Kier molecular flexibility index (Phi) is 6.42. The number of halogens is 2. The maximum absolute atomic E-state index is 11.1. The zero-order valence-corrected chi connectivity index (χ0v) is 11.1. The average Bonchev–Trinajstić information content (AvgIpc) is 2.37. The highest BCUT2D eigenvalue weighted by atomic mass is 35.5. The fourth-order valence-electron chi connectivity index (χ4n) is 1.19. The van der Waals surface area contributed by atoms with Crippen molar-refractivity contribution >= 4 is 29.2 Å². The van der Waals surface area contributed by atoms with Gasteiger partial charge in [-0.2, -0.15) is 0 Å². The van der Waals surface area contributed by atoms with E-state index in [1.165, 1.54) is 0 Å². The first-order valence-corrected chi connectivity index (χ1v) is 6.06. The molecular weight excluding hydrogens is 275 g/mol. The molecule has 1 rings (SSSR count). The summed E-state index contributed by atoms with van der Waals surface area (Å²) in [6.45, 7) is 0.352. The molecule has 0 amide bonds. The molecule has 0 aromatic heterocycles. The lowest BCUT2D eigenvalue weighted by molar-refractivity contribution is -0.142. The van der Waals surface area contributed by atoms with E-state index in [0.717, 1.165) is 0 Å². The summed E-state index contributed by atoms with van der Waals surface area (Å²) in [5.74, 6) is 2.38. The van der Waals surface area contributed by atoms with Crippen LogP contribution in [0.4, 0.5) is 0 Å². The third-order valence-electron chi connectivity index (χ3n) is 2.02. The zero-order chi connectivity index (χ0) is 13.4. The lowest BCUT2D eigenvalue weighted by atomic mass is 10.3. The van der Waals surface area contributed by atoms with Crippen molar-refractivity contribution in [3.05, 3.63) is 28.2 Å². The van der Waals surface area contributed by atoms with Crippen molar-refractivity contribution < 1.29 is 14.3 Å². The number of hydrogen-bond donors (Lipinski definition) is 0. The van der Waals surface area contributed by atoms with Gasteiger partial charge in [-0.1, -0.05) is 35.2 Å². The second kappa shape index (κ2) is 7.86. The van der Waals surface area contributed by atoms with E-state index in [-0.39, 0.29) is 19.0 Å². The molecule has 0 aliphatic rings. The van der Waals surface area contributed by atoms with Gasteiger partial charge in [-0.25, -0.2) is 0 Å². The molecule has 0 saturated carbocycles. The summed E-state index contributed by atoms with van der Waals surface area (Å²) >= 11 is 11.8. The van der Waals surface area contributed by atoms with Crippen LogP contribution in [-0.4, -0.2) is 19.2 Å². The van der Waals surface area contributed by atoms with E-state index in [0.29, 0.717) is 28.8 Å². The van der Waals surface area contributed by atoms with Crippen molar-refractivity contribution in [1.29, 1.82) is 0 Å². The van der Waals surface area contributed by atoms with E-state index in [4.69, 9.17) is 39.1 Å². The van der Waals surface area contributed by atoms with E-state index in [1.807, 2.05) is 0 Å². The lowest BCUT2D eigenvalue weighted by Gasteiger charge is -2.08. The Balaban J connectivity index is 2.28. The molecule has 0 spiro atoms. The summed E-state index contributed by atoms with van der Waals surface area (Å²) in [4.78, 5) is 11.1. The van der Waals surface area contributed by atoms with E-state index in [1.54, 1.807) is 18.2 Å². The fourth-order valence-corrected chi connectivity index (χ4v) is 1.53. The molecule has 1 aromatic rings. The van der Waals surface area contributed by atoms with Crippen LogP contribution < -0.4 is 4.74 Å². The standard InChI is InChI=1S/C13H12Cl2O3/c1-2-8-18-12(16)7-4-9-17-11-6-3-5-10(14)13(11)15/h1,3,5-6H,4,7-9H2.